The second kappa shape index (κ2) is 15.8. The van der Waals surface area contributed by atoms with Crippen LogP contribution in [-0.2, 0) is 28.8 Å². The normalized spacial score (nSPS) is 14.8. The van der Waals surface area contributed by atoms with E-state index in [9.17, 15) is 39.0 Å². The Balaban J connectivity index is 5.55. The number of hydrogen-bond acceptors (Lipinski definition) is 9. The van der Waals surface area contributed by atoms with Gasteiger partial charge in [-0.2, -0.15) is 0 Å². The predicted molar refractivity (Wildman–Crippen MR) is 125 cm³/mol. The van der Waals surface area contributed by atoms with Gasteiger partial charge >= 0.3 is 5.97 Å². The van der Waals surface area contributed by atoms with E-state index < -0.39 is 72.2 Å². The van der Waals surface area contributed by atoms with Crippen molar-refractivity contribution < 1.29 is 39.0 Å². The summed E-state index contributed by atoms with van der Waals surface area (Å²) in [5, 5.41) is 26.0. The van der Waals surface area contributed by atoms with Crippen LogP contribution < -0.4 is 44.6 Å². The number of primary amides is 2. The Morgan fingerprint density at radius 1 is 0.833 bits per heavy atom. The molecule has 0 radical (unpaired) electrons. The number of nitrogens with two attached hydrogens (primary N) is 5. The van der Waals surface area contributed by atoms with Crippen LogP contribution in [0.4, 0.5) is 0 Å². The highest BCUT2D eigenvalue weighted by Gasteiger charge is 2.32. The van der Waals surface area contributed by atoms with Gasteiger partial charge in [-0.1, -0.05) is 0 Å². The molecule has 204 valence electrons. The number of carboxylic acids is 1. The molecule has 17 heteroatoms. The first-order valence-electron chi connectivity index (χ1n) is 10.8. The molecule has 0 aromatic carbocycles. The van der Waals surface area contributed by atoms with Gasteiger partial charge in [-0.25, -0.2) is 4.79 Å². The Labute approximate surface area is 206 Å². The van der Waals surface area contributed by atoms with E-state index in [1.54, 1.807) is 0 Å². The number of carboxylic acid groups (broad SMARTS) is 1. The molecule has 0 aromatic rings. The van der Waals surface area contributed by atoms with Crippen molar-refractivity contribution in [1.82, 2.24) is 16.0 Å². The maximum atomic E-state index is 12.9. The highest BCUT2D eigenvalue weighted by molar-refractivity contribution is 5.95. The third kappa shape index (κ3) is 13.0. The summed E-state index contributed by atoms with van der Waals surface area (Å²) in [4.78, 5) is 74.9. The average Bonchev–Trinajstić information content (AvgIpc) is 2.75. The number of aliphatic imine (C=N–C) groups is 1. The fourth-order valence-corrected chi connectivity index (χ4v) is 2.83. The highest BCUT2D eigenvalue weighted by atomic mass is 16.4. The number of carbonyl (C=O) groups excluding carboxylic acids is 5. The minimum absolute atomic E-state index is 0.0395. The van der Waals surface area contributed by atoms with Crippen LogP contribution in [-0.4, -0.2) is 88.5 Å². The fraction of sp³-hybridized carbons (Fsp3) is 0.632. The predicted octanol–water partition coefficient (Wildman–Crippen LogP) is -5.57. The van der Waals surface area contributed by atoms with Crippen molar-refractivity contribution in [2.75, 3.05) is 6.54 Å². The number of hydrogen-bond donors (Lipinski definition) is 10. The van der Waals surface area contributed by atoms with Crippen LogP contribution in [0.25, 0.3) is 0 Å². The van der Waals surface area contributed by atoms with Crippen LogP contribution in [0.2, 0.25) is 0 Å². The minimum atomic E-state index is -1.63. The van der Waals surface area contributed by atoms with Gasteiger partial charge in [0, 0.05) is 13.0 Å². The van der Waals surface area contributed by atoms with Crippen molar-refractivity contribution in [2.24, 2.45) is 33.7 Å². The van der Waals surface area contributed by atoms with Crippen molar-refractivity contribution in [2.45, 2.75) is 69.3 Å². The molecule has 0 spiro atoms. The van der Waals surface area contributed by atoms with Crippen molar-refractivity contribution in [1.29, 1.82) is 0 Å². The lowest BCUT2D eigenvalue weighted by atomic mass is 10.1. The van der Waals surface area contributed by atoms with Crippen molar-refractivity contribution in [3.05, 3.63) is 0 Å². The summed E-state index contributed by atoms with van der Waals surface area (Å²) >= 11 is 0. The zero-order valence-corrected chi connectivity index (χ0v) is 19.8. The molecule has 5 atom stereocenters. The Morgan fingerprint density at radius 3 is 1.89 bits per heavy atom. The van der Waals surface area contributed by atoms with Gasteiger partial charge < -0.3 is 54.8 Å². The standard InChI is InChI=1S/C19H35N9O8/c1-8(29)14(17(34)27-11(18(35)36)4-5-12(21)30)28-16(33)10(3-2-6-25-19(23)24)26-15(32)9(20)7-13(22)31/h8-11,14,29H,2-7,20H2,1H3,(H2,21,30)(H2,22,31)(H,26,32)(H,27,34)(H,28,33)(H,35,36)(H4,23,24,25). The molecule has 0 heterocycles. The van der Waals surface area contributed by atoms with Gasteiger partial charge in [-0.3, -0.25) is 29.0 Å². The SMILES string of the molecule is CC(O)C(NC(=O)C(CCCN=C(N)N)NC(=O)C(N)CC(N)=O)C(=O)NC(CCC(N)=O)C(=O)O. The van der Waals surface area contributed by atoms with E-state index in [0.717, 1.165) is 0 Å². The number of nitrogens with one attached hydrogen (secondary N) is 3. The summed E-state index contributed by atoms with van der Waals surface area (Å²) in [6.07, 6.45) is -2.48. The molecule has 5 amide bonds. The first kappa shape index (κ1) is 32.0. The van der Waals surface area contributed by atoms with Gasteiger partial charge in [0.1, 0.15) is 18.1 Å². The topological polar surface area (TPSA) is 321 Å². The number of aliphatic hydroxyl groups is 1. The number of rotatable bonds is 17. The molecular weight excluding hydrogens is 482 g/mol. The summed E-state index contributed by atoms with van der Waals surface area (Å²) in [6.45, 7) is 1.26. The molecule has 0 saturated carbocycles. The number of aliphatic hydroxyl groups excluding tert-OH is 1. The molecule has 15 N–H and O–H groups in total. The maximum Gasteiger partial charge on any atom is 0.326 e. The third-order valence-electron chi connectivity index (χ3n) is 4.69. The van der Waals surface area contributed by atoms with Crippen LogP contribution in [0.5, 0.6) is 0 Å². The molecular formula is C19H35N9O8. The van der Waals surface area contributed by atoms with Crippen LogP contribution in [0.15, 0.2) is 4.99 Å². The molecule has 0 rings (SSSR count). The number of aliphatic carboxylic acids is 1. The van der Waals surface area contributed by atoms with E-state index in [1.165, 1.54) is 6.92 Å². The van der Waals surface area contributed by atoms with Gasteiger partial charge in [0.2, 0.25) is 29.5 Å². The zero-order valence-electron chi connectivity index (χ0n) is 19.8. The average molecular weight is 518 g/mol. The quantitative estimate of drug-likeness (QED) is 0.0492. The van der Waals surface area contributed by atoms with E-state index in [-0.39, 0.29) is 38.2 Å². The Kier molecular flexibility index (Phi) is 14.1. The van der Waals surface area contributed by atoms with E-state index in [0.29, 0.717) is 0 Å². The van der Waals surface area contributed by atoms with Crippen molar-refractivity contribution in [3.8, 4) is 0 Å². The summed E-state index contributed by atoms with van der Waals surface area (Å²) in [6, 6.07) is -5.81. The van der Waals surface area contributed by atoms with Gasteiger partial charge in [-0.15, -0.1) is 0 Å². The second-order valence-electron chi connectivity index (χ2n) is 7.92. The molecule has 0 aliphatic rings. The smallest absolute Gasteiger partial charge is 0.326 e. The van der Waals surface area contributed by atoms with Crippen LogP contribution in [0.3, 0.4) is 0 Å². The van der Waals surface area contributed by atoms with E-state index in [1.807, 2.05) is 0 Å². The largest absolute Gasteiger partial charge is 0.480 e. The van der Waals surface area contributed by atoms with Crippen LogP contribution in [0.1, 0.15) is 39.0 Å². The van der Waals surface area contributed by atoms with Gasteiger partial charge in [0.05, 0.1) is 18.6 Å². The number of amides is 5. The molecule has 36 heavy (non-hydrogen) atoms. The van der Waals surface area contributed by atoms with Gasteiger partial charge in [0.25, 0.3) is 0 Å². The molecule has 0 fully saturated rings. The molecule has 0 saturated heterocycles. The molecule has 5 unspecified atom stereocenters. The molecule has 0 aliphatic heterocycles. The number of carbonyl (C=O) groups is 6. The van der Waals surface area contributed by atoms with Crippen LogP contribution in [0, 0.1) is 0 Å². The fourth-order valence-electron chi connectivity index (χ4n) is 2.83. The summed E-state index contributed by atoms with van der Waals surface area (Å²) in [7, 11) is 0. The second-order valence-corrected chi connectivity index (χ2v) is 7.92. The Morgan fingerprint density at radius 2 is 1.42 bits per heavy atom. The summed E-state index contributed by atoms with van der Waals surface area (Å²) in [5.41, 5.74) is 26.1. The van der Waals surface area contributed by atoms with Gasteiger partial charge in [0.15, 0.2) is 5.96 Å². The van der Waals surface area contributed by atoms with E-state index in [4.69, 9.17) is 28.7 Å². The molecule has 0 aliphatic carbocycles. The molecule has 17 nitrogen and oxygen atoms in total. The van der Waals surface area contributed by atoms with Crippen molar-refractivity contribution >= 4 is 41.5 Å². The highest BCUT2D eigenvalue weighted by Crippen LogP contribution is 2.05. The molecule has 0 bridgehead atoms. The monoisotopic (exact) mass is 517 g/mol. The maximum absolute atomic E-state index is 12.9. The Hall–Kier alpha value is -3.99. The summed E-state index contributed by atoms with van der Waals surface area (Å²) < 4.78 is 0. The first-order valence-corrected chi connectivity index (χ1v) is 10.8. The lowest BCUT2D eigenvalue weighted by molar-refractivity contribution is -0.143. The van der Waals surface area contributed by atoms with Gasteiger partial charge in [-0.05, 0) is 26.2 Å². The van der Waals surface area contributed by atoms with E-state index >= 15 is 0 Å². The minimum Gasteiger partial charge on any atom is -0.480 e. The van der Waals surface area contributed by atoms with Crippen molar-refractivity contribution in [3.63, 3.8) is 0 Å². The molecule has 0 aromatic heterocycles. The number of nitrogens with zero attached hydrogens (tertiary/aromatic N) is 1. The number of guanidine groups is 1. The lowest BCUT2D eigenvalue weighted by Gasteiger charge is -2.26. The van der Waals surface area contributed by atoms with Crippen LogP contribution >= 0.6 is 0 Å². The third-order valence-corrected chi connectivity index (χ3v) is 4.69. The zero-order chi connectivity index (χ0) is 28.0. The van der Waals surface area contributed by atoms with E-state index in [2.05, 4.69) is 20.9 Å². The summed E-state index contributed by atoms with van der Waals surface area (Å²) in [5.74, 6) is -6.17. The lowest BCUT2D eigenvalue weighted by Crippen LogP contribution is -2.60. The first-order chi connectivity index (χ1) is 16.6. The Bertz CT molecular complexity index is 845.